The van der Waals surface area contributed by atoms with Crippen molar-refractivity contribution < 1.29 is 4.74 Å². The molecule has 0 heterocycles. The summed E-state index contributed by atoms with van der Waals surface area (Å²) in [6.45, 7) is 0. The van der Waals surface area contributed by atoms with Gasteiger partial charge in [-0.3, -0.25) is 4.99 Å². The number of hydrogen-bond acceptors (Lipinski definition) is 2. The molecular formula is C15H13Cl2NO. The standard InChI is InChI=1S/C15H13Cl2NO/c1-19-15(12-4-8-14(17)9-5-12)18-10-11-2-6-13(16)7-3-11/h2-10,15H,1H3. The summed E-state index contributed by atoms with van der Waals surface area (Å²) < 4.78 is 5.35. The number of nitrogens with zero attached hydrogens (tertiary/aromatic N) is 1. The zero-order valence-corrected chi connectivity index (χ0v) is 11.9. The van der Waals surface area contributed by atoms with E-state index < -0.39 is 0 Å². The molecule has 0 aromatic heterocycles. The summed E-state index contributed by atoms with van der Waals surface area (Å²) in [4.78, 5) is 4.41. The van der Waals surface area contributed by atoms with Gasteiger partial charge in [-0.15, -0.1) is 0 Å². The van der Waals surface area contributed by atoms with Gasteiger partial charge in [-0.05, 0) is 29.8 Å². The Morgan fingerprint density at radius 2 is 1.47 bits per heavy atom. The summed E-state index contributed by atoms with van der Waals surface area (Å²) in [7, 11) is 1.62. The normalized spacial score (nSPS) is 12.8. The third-order valence-electron chi connectivity index (χ3n) is 2.61. The number of ether oxygens (including phenoxy) is 1. The van der Waals surface area contributed by atoms with Crippen molar-refractivity contribution in [3.05, 3.63) is 69.7 Å². The van der Waals surface area contributed by atoms with Crippen molar-refractivity contribution in [2.45, 2.75) is 6.23 Å². The Bertz CT molecular complexity index is 549. The highest BCUT2D eigenvalue weighted by Gasteiger charge is 2.06. The molecule has 2 aromatic rings. The topological polar surface area (TPSA) is 21.6 Å². The number of benzene rings is 2. The highest BCUT2D eigenvalue weighted by molar-refractivity contribution is 6.30. The van der Waals surface area contributed by atoms with Crippen LogP contribution in [0.2, 0.25) is 10.0 Å². The molecule has 0 radical (unpaired) electrons. The first-order chi connectivity index (χ1) is 9.19. The monoisotopic (exact) mass is 293 g/mol. The second-order valence-corrected chi connectivity index (χ2v) is 4.84. The van der Waals surface area contributed by atoms with Crippen molar-refractivity contribution in [3.63, 3.8) is 0 Å². The first-order valence-electron chi connectivity index (χ1n) is 5.76. The average molecular weight is 294 g/mol. The van der Waals surface area contributed by atoms with E-state index in [1.54, 1.807) is 13.3 Å². The van der Waals surface area contributed by atoms with Crippen molar-refractivity contribution in [2.75, 3.05) is 7.11 Å². The van der Waals surface area contributed by atoms with Crippen LogP contribution in [0.1, 0.15) is 17.4 Å². The lowest BCUT2D eigenvalue weighted by molar-refractivity contribution is 0.112. The third-order valence-corrected chi connectivity index (χ3v) is 3.11. The van der Waals surface area contributed by atoms with Crippen molar-refractivity contribution >= 4 is 29.4 Å². The van der Waals surface area contributed by atoms with Crippen LogP contribution in [0.5, 0.6) is 0 Å². The second-order valence-electron chi connectivity index (χ2n) is 3.97. The minimum Gasteiger partial charge on any atom is -0.355 e. The maximum absolute atomic E-state index is 5.86. The second kappa shape index (κ2) is 6.71. The summed E-state index contributed by atoms with van der Waals surface area (Å²) in [5, 5.41) is 1.40. The molecule has 0 amide bonds. The molecule has 0 aliphatic carbocycles. The first kappa shape index (κ1) is 14.1. The van der Waals surface area contributed by atoms with Gasteiger partial charge < -0.3 is 4.74 Å². The zero-order valence-electron chi connectivity index (χ0n) is 10.4. The zero-order chi connectivity index (χ0) is 13.7. The van der Waals surface area contributed by atoms with Gasteiger partial charge in [0.15, 0.2) is 6.23 Å². The van der Waals surface area contributed by atoms with Crippen molar-refractivity contribution in [2.24, 2.45) is 4.99 Å². The Labute approximate surface area is 122 Å². The van der Waals surface area contributed by atoms with E-state index in [2.05, 4.69) is 4.99 Å². The fourth-order valence-electron chi connectivity index (χ4n) is 1.61. The molecule has 2 nitrogen and oxygen atoms in total. The van der Waals surface area contributed by atoms with Gasteiger partial charge in [-0.2, -0.15) is 0 Å². The number of rotatable bonds is 4. The van der Waals surface area contributed by atoms with Crippen molar-refractivity contribution in [3.8, 4) is 0 Å². The van der Waals surface area contributed by atoms with E-state index in [0.29, 0.717) is 10.0 Å². The van der Waals surface area contributed by atoms with Gasteiger partial charge >= 0.3 is 0 Å². The lowest BCUT2D eigenvalue weighted by Gasteiger charge is -2.10. The van der Waals surface area contributed by atoms with Crippen LogP contribution in [0.3, 0.4) is 0 Å². The Balaban J connectivity index is 2.14. The average Bonchev–Trinajstić information content (AvgIpc) is 2.43. The number of halogens is 2. The molecule has 19 heavy (non-hydrogen) atoms. The Kier molecular flexibility index (Phi) is 4.97. The fourth-order valence-corrected chi connectivity index (χ4v) is 1.87. The molecule has 0 bridgehead atoms. The molecule has 0 saturated carbocycles. The SMILES string of the molecule is COC(N=Cc1ccc(Cl)cc1)c1ccc(Cl)cc1. The largest absolute Gasteiger partial charge is 0.355 e. The van der Waals surface area contributed by atoms with Gasteiger partial charge in [0.2, 0.25) is 0 Å². The quantitative estimate of drug-likeness (QED) is 0.745. The molecule has 0 saturated heterocycles. The highest BCUT2D eigenvalue weighted by atomic mass is 35.5. The number of aliphatic imine (C=N–C) groups is 1. The molecule has 4 heteroatoms. The van der Waals surface area contributed by atoms with Crippen LogP contribution in [0.15, 0.2) is 53.5 Å². The Hall–Kier alpha value is -1.35. The molecule has 0 aliphatic rings. The smallest absolute Gasteiger partial charge is 0.173 e. The van der Waals surface area contributed by atoms with E-state index >= 15 is 0 Å². The highest BCUT2D eigenvalue weighted by Crippen LogP contribution is 2.20. The first-order valence-corrected chi connectivity index (χ1v) is 6.51. The third kappa shape index (κ3) is 4.06. The number of methoxy groups -OCH3 is 1. The minimum atomic E-state index is -0.340. The predicted octanol–water partition coefficient (Wildman–Crippen LogP) is 4.76. The molecule has 0 fully saturated rings. The van der Waals surface area contributed by atoms with E-state index in [9.17, 15) is 0 Å². The predicted molar refractivity (Wildman–Crippen MR) is 80.2 cm³/mol. The number of hydrogen-bond donors (Lipinski definition) is 0. The van der Waals surface area contributed by atoms with Crippen molar-refractivity contribution in [1.29, 1.82) is 0 Å². The molecular weight excluding hydrogens is 281 g/mol. The van der Waals surface area contributed by atoms with E-state index in [-0.39, 0.29) is 6.23 Å². The molecule has 0 N–H and O–H groups in total. The molecule has 2 rings (SSSR count). The van der Waals surface area contributed by atoms with Crippen LogP contribution in [-0.2, 0) is 4.74 Å². The van der Waals surface area contributed by atoms with Gasteiger partial charge in [-0.1, -0.05) is 47.5 Å². The van der Waals surface area contributed by atoms with Crippen LogP contribution < -0.4 is 0 Å². The molecule has 0 spiro atoms. The van der Waals surface area contributed by atoms with Gasteiger partial charge in [0, 0.05) is 28.9 Å². The van der Waals surface area contributed by atoms with E-state index in [1.165, 1.54) is 0 Å². The summed E-state index contributed by atoms with van der Waals surface area (Å²) >= 11 is 11.7. The maximum atomic E-state index is 5.86. The lowest BCUT2D eigenvalue weighted by Crippen LogP contribution is -1.98. The molecule has 98 valence electrons. The van der Waals surface area contributed by atoms with Gasteiger partial charge in [0.05, 0.1) is 0 Å². The van der Waals surface area contributed by atoms with E-state index in [0.717, 1.165) is 11.1 Å². The van der Waals surface area contributed by atoms with Crippen molar-refractivity contribution in [1.82, 2.24) is 0 Å². The van der Waals surface area contributed by atoms with E-state index in [4.69, 9.17) is 27.9 Å². The molecule has 1 unspecified atom stereocenters. The van der Waals surface area contributed by atoms with Crippen LogP contribution in [-0.4, -0.2) is 13.3 Å². The molecule has 1 atom stereocenters. The molecule has 2 aromatic carbocycles. The lowest BCUT2D eigenvalue weighted by atomic mass is 10.2. The van der Waals surface area contributed by atoms with Gasteiger partial charge in [0.1, 0.15) is 0 Å². The Morgan fingerprint density at radius 1 is 0.947 bits per heavy atom. The summed E-state index contributed by atoms with van der Waals surface area (Å²) in [6.07, 6.45) is 1.42. The van der Waals surface area contributed by atoms with E-state index in [1.807, 2.05) is 48.5 Å². The summed E-state index contributed by atoms with van der Waals surface area (Å²) in [5.41, 5.74) is 1.93. The van der Waals surface area contributed by atoms with Gasteiger partial charge in [0.25, 0.3) is 0 Å². The minimum absolute atomic E-state index is 0.340. The van der Waals surface area contributed by atoms with Gasteiger partial charge in [-0.25, -0.2) is 0 Å². The summed E-state index contributed by atoms with van der Waals surface area (Å²) in [6, 6.07) is 14.9. The van der Waals surface area contributed by atoms with Crippen LogP contribution in [0.4, 0.5) is 0 Å². The fraction of sp³-hybridized carbons (Fsp3) is 0.133. The van der Waals surface area contributed by atoms with Crippen LogP contribution in [0.25, 0.3) is 0 Å². The van der Waals surface area contributed by atoms with Crippen LogP contribution >= 0.6 is 23.2 Å². The molecule has 0 aliphatic heterocycles. The van der Waals surface area contributed by atoms with Crippen LogP contribution in [0, 0.1) is 0 Å². The summed E-state index contributed by atoms with van der Waals surface area (Å²) in [5.74, 6) is 0. The Morgan fingerprint density at radius 3 is 2.00 bits per heavy atom. The maximum Gasteiger partial charge on any atom is 0.173 e.